The zero-order valence-corrected chi connectivity index (χ0v) is 9.85. The Bertz CT molecular complexity index is 524. The van der Waals surface area contributed by atoms with E-state index in [9.17, 15) is 4.79 Å². The van der Waals surface area contributed by atoms with Crippen molar-refractivity contribution in [2.24, 2.45) is 0 Å². The molecule has 0 fully saturated rings. The molecule has 2 rings (SSSR count). The summed E-state index contributed by atoms with van der Waals surface area (Å²) in [6.07, 6.45) is 1.57. The third-order valence-corrected chi connectivity index (χ3v) is 2.44. The largest absolute Gasteiger partial charge is 0.487 e. The Morgan fingerprint density at radius 1 is 1.44 bits per heavy atom. The summed E-state index contributed by atoms with van der Waals surface area (Å²) in [5.41, 5.74) is 0.590. The number of ether oxygens (including phenoxy) is 1. The zero-order chi connectivity index (χ0) is 13.0. The third kappa shape index (κ3) is 2.85. The maximum Gasteiger partial charge on any atom is 0.328 e. The third-order valence-electron chi connectivity index (χ3n) is 2.44. The molecule has 0 unspecified atom stereocenters. The molecular formula is C12H13N3O3. The highest BCUT2D eigenvalue weighted by Crippen LogP contribution is 2.11. The van der Waals surface area contributed by atoms with Crippen LogP contribution < -0.4 is 4.74 Å². The van der Waals surface area contributed by atoms with Gasteiger partial charge in [-0.05, 0) is 19.1 Å². The van der Waals surface area contributed by atoms with Crippen molar-refractivity contribution in [2.45, 2.75) is 19.6 Å². The minimum Gasteiger partial charge on any atom is -0.487 e. The summed E-state index contributed by atoms with van der Waals surface area (Å²) in [5, 5.41) is 16.4. The van der Waals surface area contributed by atoms with E-state index in [0.717, 1.165) is 5.75 Å². The zero-order valence-electron chi connectivity index (χ0n) is 9.85. The van der Waals surface area contributed by atoms with Gasteiger partial charge in [0, 0.05) is 0 Å². The van der Waals surface area contributed by atoms with E-state index in [2.05, 4.69) is 10.3 Å². The fourth-order valence-corrected chi connectivity index (χ4v) is 1.36. The van der Waals surface area contributed by atoms with Gasteiger partial charge >= 0.3 is 5.97 Å². The number of nitrogens with zero attached hydrogens (tertiary/aromatic N) is 3. The molecule has 1 aromatic heterocycles. The van der Waals surface area contributed by atoms with Gasteiger partial charge in [-0.3, -0.25) is 0 Å². The number of para-hydroxylation sites is 1. The number of aliphatic carboxylic acids is 1. The van der Waals surface area contributed by atoms with Crippen molar-refractivity contribution in [1.82, 2.24) is 15.0 Å². The Labute approximate surface area is 104 Å². The lowest BCUT2D eigenvalue weighted by Gasteiger charge is -2.04. The highest BCUT2D eigenvalue weighted by molar-refractivity contribution is 5.71. The molecule has 0 aliphatic carbocycles. The van der Waals surface area contributed by atoms with Gasteiger partial charge in [0.25, 0.3) is 0 Å². The molecule has 0 radical (unpaired) electrons. The number of carbonyl (C=O) groups is 1. The van der Waals surface area contributed by atoms with E-state index < -0.39 is 12.0 Å². The molecule has 0 amide bonds. The van der Waals surface area contributed by atoms with Gasteiger partial charge in [-0.2, -0.15) is 0 Å². The van der Waals surface area contributed by atoms with E-state index in [1.807, 2.05) is 30.3 Å². The molecule has 0 bridgehead atoms. The van der Waals surface area contributed by atoms with Crippen LogP contribution in [0.2, 0.25) is 0 Å². The summed E-state index contributed by atoms with van der Waals surface area (Å²) >= 11 is 0. The van der Waals surface area contributed by atoms with Crippen LogP contribution in [0.3, 0.4) is 0 Å². The van der Waals surface area contributed by atoms with Crippen LogP contribution in [0.1, 0.15) is 18.7 Å². The van der Waals surface area contributed by atoms with Gasteiger partial charge in [0.2, 0.25) is 0 Å². The number of carboxylic acids is 1. The van der Waals surface area contributed by atoms with Crippen LogP contribution in [0.5, 0.6) is 5.75 Å². The molecule has 1 heterocycles. The van der Waals surface area contributed by atoms with Gasteiger partial charge in [-0.25, -0.2) is 9.48 Å². The van der Waals surface area contributed by atoms with Gasteiger partial charge in [0.05, 0.1) is 6.20 Å². The fourth-order valence-electron chi connectivity index (χ4n) is 1.36. The quantitative estimate of drug-likeness (QED) is 0.866. The number of carboxylic acid groups (broad SMARTS) is 1. The molecule has 2 aromatic rings. The average Bonchev–Trinajstić information content (AvgIpc) is 2.85. The Morgan fingerprint density at radius 3 is 2.83 bits per heavy atom. The van der Waals surface area contributed by atoms with Gasteiger partial charge in [0.15, 0.2) is 0 Å². The highest BCUT2D eigenvalue weighted by Gasteiger charge is 2.15. The number of rotatable bonds is 5. The van der Waals surface area contributed by atoms with Crippen LogP contribution in [0.4, 0.5) is 0 Å². The molecule has 18 heavy (non-hydrogen) atoms. The van der Waals surface area contributed by atoms with Crippen molar-refractivity contribution in [3.05, 3.63) is 42.2 Å². The molecule has 94 valence electrons. The Kier molecular flexibility index (Phi) is 3.57. The van der Waals surface area contributed by atoms with Gasteiger partial charge in [-0.15, -0.1) is 5.10 Å². The number of hydrogen-bond donors (Lipinski definition) is 1. The van der Waals surface area contributed by atoms with E-state index in [1.54, 1.807) is 13.1 Å². The Hall–Kier alpha value is -2.37. The topological polar surface area (TPSA) is 77.2 Å². The molecule has 1 N–H and O–H groups in total. The number of benzene rings is 1. The van der Waals surface area contributed by atoms with E-state index in [0.29, 0.717) is 5.69 Å². The normalized spacial score (nSPS) is 12.1. The van der Waals surface area contributed by atoms with Crippen molar-refractivity contribution in [1.29, 1.82) is 0 Å². The van der Waals surface area contributed by atoms with Crippen molar-refractivity contribution < 1.29 is 14.6 Å². The minimum absolute atomic E-state index is 0.260. The molecule has 0 saturated carbocycles. The van der Waals surface area contributed by atoms with Crippen LogP contribution in [-0.4, -0.2) is 26.1 Å². The molecular weight excluding hydrogens is 234 g/mol. The highest BCUT2D eigenvalue weighted by atomic mass is 16.5. The summed E-state index contributed by atoms with van der Waals surface area (Å²) in [5.74, 6) is -0.214. The first-order valence-corrected chi connectivity index (χ1v) is 5.48. The predicted molar refractivity (Wildman–Crippen MR) is 63.1 cm³/mol. The van der Waals surface area contributed by atoms with Crippen LogP contribution in [-0.2, 0) is 11.4 Å². The molecule has 0 aliphatic rings. The van der Waals surface area contributed by atoms with Crippen molar-refractivity contribution in [2.75, 3.05) is 0 Å². The van der Waals surface area contributed by atoms with E-state index in [4.69, 9.17) is 9.84 Å². The first-order valence-electron chi connectivity index (χ1n) is 5.48. The second-order valence-electron chi connectivity index (χ2n) is 3.81. The van der Waals surface area contributed by atoms with Crippen LogP contribution in [0, 0.1) is 0 Å². The second-order valence-corrected chi connectivity index (χ2v) is 3.81. The van der Waals surface area contributed by atoms with Crippen molar-refractivity contribution in [3.63, 3.8) is 0 Å². The Balaban J connectivity index is 1.97. The molecule has 0 saturated heterocycles. The standard InChI is InChI=1S/C12H13N3O3/c1-9(12(16)17)15-7-10(13-14-15)8-18-11-5-3-2-4-6-11/h2-7,9H,8H2,1H3,(H,16,17)/t9-/m0/s1. The first kappa shape index (κ1) is 12.1. The van der Waals surface area contributed by atoms with Gasteiger partial charge in [-0.1, -0.05) is 23.4 Å². The van der Waals surface area contributed by atoms with Crippen molar-refractivity contribution >= 4 is 5.97 Å². The summed E-state index contributed by atoms with van der Waals surface area (Å²) in [4.78, 5) is 10.8. The van der Waals surface area contributed by atoms with Crippen molar-refractivity contribution in [3.8, 4) is 5.75 Å². The van der Waals surface area contributed by atoms with E-state index >= 15 is 0 Å². The fraction of sp³-hybridized carbons (Fsp3) is 0.250. The molecule has 6 heteroatoms. The maximum absolute atomic E-state index is 10.8. The summed E-state index contributed by atoms with van der Waals surface area (Å²) in [6.45, 7) is 1.80. The molecule has 0 aliphatic heterocycles. The molecule has 1 atom stereocenters. The van der Waals surface area contributed by atoms with Gasteiger partial charge < -0.3 is 9.84 Å². The summed E-state index contributed by atoms with van der Waals surface area (Å²) in [6, 6.07) is 8.59. The molecule has 1 aromatic carbocycles. The molecule has 6 nitrogen and oxygen atoms in total. The van der Waals surface area contributed by atoms with Gasteiger partial charge in [0.1, 0.15) is 24.1 Å². The number of hydrogen-bond acceptors (Lipinski definition) is 4. The lowest BCUT2D eigenvalue weighted by molar-refractivity contribution is -0.140. The minimum atomic E-state index is -0.949. The van der Waals surface area contributed by atoms with E-state index in [-0.39, 0.29) is 6.61 Å². The summed E-state index contributed by atoms with van der Waals surface area (Å²) < 4.78 is 6.78. The Morgan fingerprint density at radius 2 is 2.17 bits per heavy atom. The number of aromatic nitrogens is 3. The predicted octanol–water partition coefficient (Wildman–Crippen LogP) is 1.50. The lowest BCUT2D eigenvalue weighted by atomic mass is 10.3. The second kappa shape index (κ2) is 5.31. The monoisotopic (exact) mass is 247 g/mol. The summed E-state index contributed by atoms with van der Waals surface area (Å²) in [7, 11) is 0. The van der Waals surface area contributed by atoms with Crippen LogP contribution in [0.15, 0.2) is 36.5 Å². The maximum atomic E-state index is 10.8. The lowest BCUT2D eigenvalue weighted by Crippen LogP contribution is -2.15. The van der Waals surface area contributed by atoms with Crippen LogP contribution in [0.25, 0.3) is 0 Å². The van der Waals surface area contributed by atoms with E-state index in [1.165, 1.54) is 4.68 Å². The first-order chi connectivity index (χ1) is 8.66. The smallest absolute Gasteiger partial charge is 0.328 e. The molecule has 0 spiro atoms. The SMILES string of the molecule is C[C@@H](C(=O)O)n1cc(COc2ccccc2)nn1. The van der Waals surface area contributed by atoms with Crippen LogP contribution >= 0.6 is 0 Å². The average molecular weight is 247 g/mol.